The summed E-state index contributed by atoms with van der Waals surface area (Å²) in [5.41, 5.74) is 2.70. The fourth-order valence-electron chi connectivity index (χ4n) is 4.43. The lowest BCUT2D eigenvalue weighted by Gasteiger charge is -2.28. The van der Waals surface area contributed by atoms with Crippen LogP contribution in [0.4, 0.5) is 0 Å². The number of benzene rings is 2. The Balaban J connectivity index is 1.45. The number of halogens is 2. The maximum atomic E-state index is 13.3. The van der Waals surface area contributed by atoms with Crippen LogP contribution < -0.4 is 20.1 Å². The van der Waals surface area contributed by atoms with Crippen molar-refractivity contribution in [2.45, 2.75) is 56.6 Å². The van der Waals surface area contributed by atoms with Crippen LogP contribution in [-0.2, 0) is 21.4 Å². The molecule has 0 aliphatic carbocycles. The number of hydrogen-bond donors (Lipinski definition) is 3. The number of sulfonamides is 1. The molecule has 3 aromatic rings. The van der Waals surface area contributed by atoms with E-state index in [1.54, 1.807) is 24.3 Å². The molecule has 0 spiro atoms. The highest BCUT2D eigenvalue weighted by molar-refractivity contribution is 7.89. The van der Waals surface area contributed by atoms with Crippen LogP contribution in [0.1, 0.15) is 61.9 Å². The molecule has 210 valence electrons. The van der Waals surface area contributed by atoms with Crippen molar-refractivity contribution >= 4 is 50.5 Å². The first kappa shape index (κ1) is 29.8. The molecule has 1 aliphatic heterocycles. The van der Waals surface area contributed by atoms with Crippen molar-refractivity contribution < 1.29 is 17.9 Å². The first-order chi connectivity index (χ1) is 18.6. The summed E-state index contributed by atoms with van der Waals surface area (Å²) in [5.74, 6) is 1.13. The quantitative estimate of drug-likeness (QED) is 0.211. The summed E-state index contributed by atoms with van der Waals surface area (Å²) >= 11 is 13.1. The lowest BCUT2D eigenvalue weighted by Crippen LogP contribution is -2.36. The Bertz CT molecular complexity index is 1380. The van der Waals surface area contributed by atoms with E-state index >= 15 is 0 Å². The SMILES string of the molecule is CC(C)CCNCc1ccc2c(c1)OCCC2NC(=O)CC(NS(=O)(=O)c1cc(Cl)sc1Cl)c1ccccc1. The van der Waals surface area contributed by atoms with Gasteiger partial charge in [-0.05, 0) is 42.1 Å². The van der Waals surface area contributed by atoms with Crippen molar-refractivity contribution in [1.82, 2.24) is 15.4 Å². The van der Waals surface area contributed by atoms with Gasteiger partial charge in [0.15, 0.2) is 0 Å². The Morgan fingerprint density at radius 3 is 2.59 bits per heavy atom. The molecule has 2 unspecified atom stereocenters. The van der Waals surface area contributed by atoms with E-state index in [0.29, 0.717) is 24.5 Å². The van der Waals surface area contributed by atoms with Crippen LogP contribution in [0.2, 0.25) is 8.67 Å². The molecule has 0 saturated carbocycles. The maximum Gasteiger partial charge on any atom is 0.243 e. The smallest absolute Gasteiger partial charge is 0.243 e. The normalized spacial score (nSPS) is 16.0. The van der Waals surface area contributed by atoms with Gasteiger partial charge in [0.05, 0.1) is 23.0 Å². The number of carbonyl (C=O) groups is 1. The highest BCUT2D eigenvalue weighted by atomic mass is 35.5. The van der Waals surface area contributed by atoms with Gasteiger partial charge in [-0.3, -0.25) is 4.79 Å². The minimum Gasteiger partial charge on any atom is -0.493 e. The van der Waals surface area contributed by atoms with Crippen LogP contribution in [0.15, 0.2) is 59.5 Å². The Hall–Kier alpha value is -2.14. The molecular weight excluding hydrogens is 577 g/mol. The molecule has 4 rings (SSSR count). The lowest BCUT2D eigenvalue weighted by atomic mass is 9.98. The Morgan fingerprint density at radius 1 is 1.13 bits per heavy atom. The summed E-state index contributed by atoms with van der Waals surface area (Å²) < 4.78 is 35.2. The van der Waals surface area contributed by atoms with Crippen molar-refractivity contribution in [2.75, 3.05) is 13.2 Å². The summed E-state index contributed by atoms with van der Waals surface area (Å²) in [7, 11) is -4.03. The zero-order chi connectivity index (χ0) is 28.0. The van der Waals surface area contributed by atoms with Gasteiger partial charge in [0, 0.05) is 24.9 Å². The topological polar surface area (TPSA) is 96.5 Å². The second-order valence-electron chi connectivity index (χ2n) is 9.97. The number of thiophene rings is 1. The number of rotatable bonds is 12. The van der Waals surface area contributed by atoms with Gasteiger partial charge in [0.1, 0.15) is 15.0 Å². The van der Waals surface area contributed by atoms with Gasteiger partial charge < -0.3 is 15.4 Å². The average molecular weight is 611 g/mol. The van der Waals surface area contributed by atoms with Gasteiger partial charge in [-0.15, -0.1) is 11.3 Å². The van der Waals surface area contributed by atoms with E-state index in [-0.39, 0.29) is 31.9 Å². The second kappa shape index (κ2) is 13.5. The summed E-state index contributed by atoms with van der Waals surface area (Å²) in [5, 5.41) is 6.55. The first-order valence-electron chi connectivity index (χ1n) is 12.9. The van der Waals surface area contributed by atoms with Crippen LogP contribution >= 0.6 is 34.5 Å². The second-order valence-corrected chi connectivity index (χ2v) is 13.9. The zero-order valence-electron chi connectivity index (χ0n) is 21.9. The first-order valence-corrected chi connectivity index (χ1v) is 16.0. The summed E-state index contributed by atoms with van der Waals surface area (Å²) in [4.78, 5) is 13.1. The van der Waals surface area contributed by atoms with Crippen LogP contribution in [0, 0.1) is 5.92 Å². The van der Waals surface area contributed by atoms with Crippen molar-refractivity contribution in [3.8, 4) is 5.75 Å². The Kier molecular flexibility index (Phi) is 10.3. The Labute approximate surface area is 244 Å². The standard InChI is InChI=1S/C28H33Cl2N3O4S2/c1-18(2)10-12-31-17-19-8-9-21-22(11-13-37-24(21)14-19)32-27(34)15-23(20-6-4-3-5-7-20)33-39(35,36)25-16-26(29)38-28(25)30/h3-9,14,16,18,22-23,31,33H,10-13,15,17H2,1-2H3,(H,32,34). The highest BCUT2D eigenvalue weighted by Crippen LogP contribution is 2.36. The maximum absolute atomic E-state index is 13.3. The monoisotopic (exact) mass is 609 g/mol. The van der Waals surface area contributed by atoms with Gasteiger partial charge in [0.25, 0.3) is 0 Å². The predicted molar refractivity (Wildman–Crippen MR) is 157 cm³/mol. The van der Waals surface area contributed by atoms with Crippen molar-refractivity contribution in [3.63, 3.8) is 0 Å². The number of amides is 1. The predicted octanol–water partition coefficient (Wildman–Crippen LogP) is 6.24. The highest BCUT2D eigenvalue weighted by Gasteiger charge is 2.29. The minimum atomic E-state index is -4.03. The van der Waals surface area contributed by atoms with E-state index in [9.17, 15) is 13.2 Å². The van der Waals surface area contributed by atoms with Crippen LogP contribution in [-0.4, -0.2) is 27.5 Å². The third kappa shape index (κ3) is 8.19. The molecule has 11 heteroatoms. The minimum absolute atomic E-state index is 0.0667. The van der Waals surface area contributed by atoms with Crippen molar-refractivity contribution in [2.24, 2.45) is 5.92 Å². The molecule has 2 aromatic carbocycles. The molecule has 1 aromatic heterocycles. The van der Waals surface area contributed by atoms with E-state index in [2.05, 4.69) is 29.2 Å². The molecule has 0 radical (unpaired) electrons. The summed E-state index contributed by atoms with van der Waals surface area (Å²) in [6, 6.07) is 15.3. The van der Waals surface area contributed by atoms with E-state index in [1.165, 1.54) is 6.07 Å². The van der Waals surface area contributed by atoms with Gasteiger partial charge in [-0.25, -0.2) is 13.1 Å². The zero-order valence-corrected chi connectivity index (χ0v) is 25.0. The molecule has 3 N–H and O–H groups in total. The third-order valence-corrected chi connectivity index (χ3v) is 9.71. The Morgan fingerprint density at radius 2 is 1.90 bits per heavy atom. The van der Waals surface area contributed by atoms with Crippen LogP contribution in [0.25, 0.3) is 0 Å². The van der Waals surface area contributed by atoms with Crippen LogP contribution in [0.5, 0.6) is 5.75 Å². The third-order valence-electron chi connectivity index (χ3n) is 6.48. The molecule has 1 aliphatic rings. The fraction of sp³-hybridized carbons (Fsp3) is 0.393. The molecule has 0 saturated heterocycles. The molecule has 2 atom stereocenters. The van der Waals surface area contributed by atoms with Crippen molar-refractivity contribution in [3.05, 3.63) is 80.0 Å². The number of nitrogens with one attached hydrogen (secondary N) is 3. The average Bonchev–Trinajstić information content (AvgIpc) is 3.25. The van der Waals surface area contributed by atoms with E-state index in [1.807, 2.05) is 24.3 Å². The van der Waals surface area contributed by atoms with E-state index < -0.39 is 16.1 Å². The van der Waals surface area contributed by atoms with E-state index in [4.69, 9.17) is 27.9 Å². The summed E-state index contributed by atoms with van der Waals surface area (Å²) in [6.07, 6.45) is 1.64. The fourth-order valence-corrected chi connectivity index (χ4v) is 7.80. The van der Waals surface area contributed by atoms with Crippen LogP contribution in [0.3, 0.4) is 0 Å². The van der Waals surface area contributed by atoms with E-state index in [0.717, 1.165) is 47.7 Å². The van der Waals surface area contributed by atoms with Crippen molar-refractivity contribution in [1.29, 1.82) is 0 Å². The molecule has 39 heavy (non-hydrogen) atoms. The van der Waals surface area contributed by atoms with Gasteiger partial charge in [0.2, 0.25) is 15.9 Å². The summed E-state index contributed by atoms with van der Waals surface area (Å²) in [6.45, 7) is 6.59. The van der Waals surface area contributed by atoms with Gasteiger partial charge in [-0.1, -0.05) is 79.5 Å². The number of carbonyl (C=O) groups excluding carboxylic acids is 1. The molecule has 1 amide bonds. The van der Waals surface area contributed by atoms with Gasteiger partial charge >= 0.3 is 0 Å². The molecule has 0 bridgehead atoms. The molecule has 2 heterocycles. The number of hydrogen-bond acceptors (Lipinski definition) is 6. The number of ether oxygens (including phenoxy) is 1. The largest absolute Gasteiger partial charge is 0.493 e. The molecule has 7 nitrogen and oxygen atoms in total. The van der Waals surface area contributed by atoms with Gasteiger partial charge in [-0.2, -0.15) is 0 Å². The number of fused-ring (bicyclic) bond motifs is 1. The molecular formula is C28H33Cl2N3O4S2. The lowest BCUT2D eigenvalue weighted by molar-refractivity contribution is -0.122. The molecule has 0 fully saturated rings.